The molecular weight excluding hydrogens is 759 g/mol. The van der Waals surface area contributed by atoms with Gasteiger partial charge in [-0.1, -0.05) is 212 Å². The molecule has 11 aromatic rings. The largest absolute Gasteiger partial charge is 0.311 e. The van der Waals surface area contributed by atoms with Crippen LogP contribution in [0.25, 0.3) is 88.3 Å². The van der Waals surface area contributed by atoms with Gasteiger partial charge in [0, 0.05) is 17.1 Å². The van der Waals surface area contributed by atoms with E-state index in [1.54, 1.807) is 0 Å². The van der Waals surface area contributed by atoms with Gasteiger partial charge in [0.25, 0.3) is 0 Å². The summed E-state index contributed by atoms with van der Waals surface area (Å²) in [6, 6.07) is 94.5. The number of hydrogen-bond donors (Lipinski definition) is 0. The molecule has 63 heavy (non-hydrogen) atoms. The number of hydrogen-bond acceptors (Lipinski definition) is 1. The number of fused-ring (bicyclic) bond motifs is 2. The molecule has 0 atom stereocenters. The highest BCUT2D eigenvalue weighted by Crippen LogP contribution is 2.39. The molecule has 11 aromatic carbocycles. The van der Waals surface area contributed by atoms with E-state index in [4.69, 9.17) is 0 Å². The maximum atomic E-state index is 2.35. The minimum absolute atomic E-state index is 1.10. The van der Waals surface area contributed by atoms with Gasteiger partial charge in [0.05, 0.1) is 0 Å². The zero-order valence-corrected chi connectivity index (χ0v) is 34.8. The van der Waals surface area contributed by atoms with Gasteiger partial charge in [0.2, 0.25) is 0 Å². The third-order valence-electron chi connectivity index (χ3n) is 12.3. The summed E-state index contributed by atoms with van der Waals surface area (Å²) in [4.78, 5) is 2.35. The van der Waals surface area contributed by atoms with E-state index in [1.807, 2.05) is 0 Å². The summed E-state index contributed by atoms with van der Waals surface area (Å²) < 4.78 is 0. The summed E-state index contributed by atoms with van der Waals surface area (Å²) in [7, 11) is 0. The van der Waals surface area contributed by atoms with Gasteiger partial charge in [-0.2, -0.15) is 0 Å². The van der Waals surface area contributed by atoms with E-state index in [0.717, 1.165) is 17.1 Å². The normalized spacial score (nSPS) is 11.2. The van der Waals surface area contributed by atoms with E-state index in [1.165, 1.54) is 88.3 Å². The molecule has 0 radical (unpaired) electrons. The average molecular weight is 802 g/mol. The summed E-state index contributed by atoms with van der Waals surface area (Å²) in [6.07, 6.45) is 0. The Kier molecular flexibility index (Phi) is 9.97. The second-order valence-corrected chi connectivity index (χ2v) is 16.2. The summed E-state index contributed by atoms with van der Waals surface area (Å²) in [5, 5.41) is 5.03. The summed E-state index contributed by atoms with van der Waals surface area (Å²) in [5.41, 5.74) is 17.7. The third-order valence-corrected chi connectivity index (χ3v) is 12.3. The Morgan fingerprint density at radius 3 is 0.698 bits per heavy atom. The van der Waals surface area contributed by atoms with Crippen molar-refractivity contribution >= 4 is 38.6 Å². The van der Waals surface area contributed by atoms with E-state index < -0.39 is 0 Å². The summed E-state index contributed by atoms with van der Waals surface area (Å²) in [6.45, 7) is 0. The molecule has 11 rings (SSSR count). The molecule has 1 heteroatoms. The Balaban J connectivity index is 0.884. The standard InChI is InChI=1S/C62H43N/c1-2-8-44(9-3-1)47-14-16-48(17-15-47)51-30-36-60(37-31-51)63(61-38-32-52(33-39-61)49-18-22-54(23-19-49)58-28-26-45-10-4-6-12-56(45)42-58)62-40-34-53(35-41-62)50-20-24-55(25-21-50)59-29-27-46-11-5-7-13-57(46)43-59/h1-43H. The Hall–Kier alpha value is -8.26. The molecule has 0 aliphatic carbocycles. The molecular formula is C62H43N. The highest BCUT2D eigenvalue weighted by atomic mass is 15.1. The van der Waals surface area contributed by atoms with Crippen LogP contribution < -0.4 is 4.90 Å². The predicted octanol–water partition coefficient (Wildman–Crippen LogP) is 17.5. The Labute approximate surface area is 369 Å². The van der Waals surface area contributed by atoms with Gasteiger partial charge in [0.15, 0.2) is 0 Å². The lowest BCUT2D eigenvalue weighted by Crippen LogP contribution is -2.09. The zero-order chi connectivity index (χ0) is 42.0. The summed E-state index contributed by atoms with van der Waals surface area (Å²) in [5.74, 6) is 0. The van der Waals surface area contributed by atoms with Gasteiger partial charge < -0.3 is 4.90 Å². The molecule has 0 spiro atoms. The minimum Gasteiger partial charge on any atom is -0.311 e. The monoisotopic (exact) mass is 801 g/mol. The molecule has 1 nitrogen and oxygen atoms in total. The molecule has 0 N–H and O–H groups in total. The topological polar surface area (TPSA) is 3.24 Å². The van der Waals surface area contributed by atoms with Crippen molar-refractivity contribution in [2.45, 2.75) is 0 Å². The molecule has 0 unspecified atom stereocenters. The molecule has 0 saturated heterocycles. The maximum absolute atomic E-state index is 2.35. The first kappa shape index (κ1) is 37.7. The van der Waals surface area contributed by atoms with E-state index in [2.05, 4.69) is 266 Å². The molecule has 0 aliphatic heterocycles. The Morgan fingerprint density at radius 1 is 0.159 bits per heavy atom. The van der Waals surface area contributed by atoms with Crippen LogP contribution in [-0.2, 0) is 0 Å². The first-order valence-corrected chi connectivity index (χ1v) is 21.6. The van der Waals surface area contributed by atoms with Gasteiger partial charge in [0.1, 0.15) is 0 Å². The third kappa shape index (κ3) is 7.81. The van der Waals surface area contributed by atoms with Gasteiger partial charge in [-0.05, 0) is 137 Å². The smallest absolute Gasteiger partial charge is 0.0462 e. The van der Waals surface area contributed by atoms with Crippen molar-refractivity contribution in [2.24, 2.45) is 0 Å². The lowest BCUT2D eigenvalue weighted by molar-refractivity contribution is 1.28. The van der Waals surface area contributed by atoms with E-state index in [-0.39, 0.29) is 0 Å². The maximum Gasteiger partial charge on any atom is 0.0462 e. The molecule has 0 aromatic heterocycles. The second kappa shape index (κ2) is 16.7. The van der Waals surface area contributed by atoms with Crippen molar-refractivity contribution < 1.29 is 0 Å². The van der Waals surface area contributed by atoms with Crippen LogP contribution in [0, 0.1) is 0 Å². The van der Waals surface area contributed by atoms with Crippen LogP contribution in [0.15, 0.2) is 261 Å². The number of benzene rings is 11. The lowest BCUT2D eigenvalue weighted by atomic mass is 9.98. The fourth-order valence-electron chi connectivity index (χ4n) is 8.79. The van der Waals surface area contributed by atoms with E-state index >= 15 is 0 Å². The first-order chi connectivity index (χ1) is 31.2. The first-order valence-electron chi connectivity index (χ1n) is 21.6. The van der Waals surface area contributed by atoms with E-state index in [0.29, 0.717) is 0 Å². The van der Waals surface area contributed by atoms with Crippen LogP contribution in [-0.4, -0.2) is 0 Å². The number of anilines is 3. The average Bonchev–Trinajstić information content (AvgIpc) is 3.37. The van der Waals surface area contributed by atoms with Crippen molar-refractivity contribution in [2.75, 3.05) is 4.90 Å². The van der Waals surface area contributed by atoms with Crippen molar-refractivity contribution in [3.8, 4) is 66.8 Å². The van der Waals surface area contributed by atoms with Crippen LogP contribution in [0.2, 0.25) is 0 Å². The van der Waals surface area contributed by atoms with Gasteiger partial charge in [-0.3, -0.25) is 0 Å². The zero-order valence-electron chi connectivity index (χ0n) is 34.8. The minimum atomic E-state index is 1.10. The van der Waals surface area contributed by atoms with Gasteiger partial charge in [-0.25, -0.2) is 0 Å². The molecule has 296 valence electrons. The van der Waals surface area contributed by atoms with Crippen LogP contribution in [0.1, 0.15) is 0 Å². The van der Waals surface area contributed by atoms with Crippen molar-refractivity contribution in [1.82, 2.24) is 0 Å². The van der Waals surface area contributed by atoms with Crippen molar-refractivity contribution in [3.05, 3.63) is 261 Å². The van der Waals surface area contributed by atoms with E-state index in [9.17, 15) is 0 Å². The molecule has 0 amide bonds. The molecule has 0 heterocycles. The van der Waals surface area contributed by atoms with Crippen LogP contribution >= 0.6 is 0 Å². The van der Waals surface area contributed by atoms with Crippen molar-refractivity contribution in [3.63, 3.8) is 0 Å². The highest BCUT2D eigenvalue weighted by molar-refractivity contribution is 5.89. The van der Waals surface area contributed by atoms with Crippen molar-refractivity contribution in [1.29, 1.82) is 0 Å². The van der Waals surface area contributed by atoms with Gasteiger partial charge in [-0.15, -0.1) is 0 Å². The Morgan fingerprint density at radius 2 is 0.381 bits per heavy atom. The highest BCUT2D eigenvalue weighted by Gasteiger charge is 2.15. The molecule has 0 saturated carbocycles. The number of rotatable bonds is 9. The molecule has 0 fully saturated rings. The molecule has 0 aliphatic rings. The predicted molar refractivity (Wildman–Crippen MR) is 269 cm³/mol. The Bertz CT molecular complexity index is 3150. The van der Waals surface area contributed by atoms with Crippen LogP contribution in [0.3, 0.4) is 0 Å². The fraction of sp³-hybridized carbons (Fsp3) is 0. The SMILES string of the molecule is c1ccc(-c2ccc(-c3ccc(N(c4ccc(-c5ccc(-c6ccc7ccccc7c6)cc5)cc4)c4ccc(-c5ccc(-c6ccc7ccccc7c6)cc5)cc4)cc3)cc2)cc1. The molecule has 0 bridgehead atoms. The number of nitrogens with zero attached hydrogens (tertiary/aromatic N) is 1. The summed E-state index contributed by atoms with van der Waals surface area (Å²) >= 11 is 0. The lowest BCUT2D eigenvalue weighted by Gasteiger charge is -2.26. The van der Waals surface area contributed by atoms with Crippen LogP contribution in [0.5, 0.6) is 0 Å². The van der Waals surface area contributed by atoms with Crippen LogP contribution in [0.4, 0.5) is 17.1 Å². The fourth-order valence-corrected chi connectivity index (χ4v) is 8.79. The van der Waals surface area contributed by atoms with Gasteiger partial charge >= 0.3 is 0 Å². The quantitative estimate of drug-likeness (QED) is 0.141. The second-order valence-electron chi connectivity index (χ2n) is 16.2.